The van der Waals surface area contributed by atoms with Crippen molar-refractivity contribution < 1.29 is 9.18 Å². The molecule has 6 heteroatoms. The van der Waals surface area contributed by atoms with E-state index < -0.39 is 0 Å². The first-order chi connectivity index (χ1) is 18.0. The first-order valence-corrected chi connectivity index (χ1v) is 12.8. The van der Waals surface area contributed by atoms with Gasteiger partial charge in [0.1, 0.15) is 5.82 Å². The van der Waals surface area contributed by atoms with Crippen LogP contribution in [-0.2, 0) is 6.42 Å². The lowest BCUT2D eigenvalue weighted by Gasteiger charge is -2.37. The van der Waals surface area contributed by atoms with E-state index in [1.807, 2.05) is 29.1 Å². The molecule has 0 aliphatic heterocycles. The molecule has 1 N–H and O–H groups in total. The molecule has 186 valence electrons. The number of fused-ring (bicyclic) bond motifs is 2. The number of amides is 1. The SMILES string of the molecule is CC12Cc3cnn(-c4ccc(F)cc4)c3C=C1CCC2CC(NC(=O)c1ccncc1)c1ccccc1. The number of allylic oxidation sites excluding steroid dienone is 1. The van der Waals surface area contributed by atoms with Gasteiger partial charge in [-0.1, -0.05) is 42.8 Å². The minimum Gasteiger partial charge on any atom is -0.345 e. The van der Waals surface area contributed by atoms with Crippen molar-refractivity contribution >= 4 is 12.0 Å². The van der Waals surface area contributed by atoms with Gasteiger partial charge in [0, 0.05) is 18.0 Å². The Hall–Kier alpha value is -4.06. The van der Waals surface area contributed by atoms with E-state index in [0.717, 1.165) is 42.6 Å². The maximum Gasteiger partial charge on any atom is 0.251 e. The largest absolute Gasteiger partial charge is 0.345 e. The quantitative estimate of drug-likeness (QED) is 0.342. The number of hydrogen-bond acceptors (Lipinski definition) is 3. The number of aromatic nitrogens is 3. The van der Waals surface area contributed by atoms with Crippen LogP contribution in [0, 0.1) is 17.2 Å². The van der Waals surface area contributed by atoms with E-state index in [9.17, 15) is 9.18 Å². The molecule has 6 rings (SSSR count). The number of nitrogens with one attached hydrogen (secondary N) is 1. The molecular weight excluding hydrogens is 463 g/mol. The van der Waals surface area contributed by atoms with Crippen molar-refractivity contribution in [1.82, 2.24) is 20.1 Å². The molecule has 2 aliphatic carbocycles. The molecule has 37 heavy (non-hydrogen) atoms. The summed E-state index contributed by atoms with van der Waals surface area (Å²) in [6, 6.07) is 20.1. The van der Waals surface area contributed by atoms with Crippen LogP contribution in [0.15, 0.2) is 90.9 Å². The molecule has 2 heterocycles. The lowest BCUT2D eigenvalue weighted by atomic mass is 9.68. The Bertz CT molecular complexity index is 1450. The van der Waals surface area contributed by atoms with Crippen LogP contribution in [0.1, 0.15) is 59.4 Å². The van der Waals surface area contributed by atoms with E-state index in [0.29, 0.717) is 11.5 Å². The van der Waals surface area contributed by atoms with Gasteiger partial charge in [0.25, 0.3) is 5.91 Å². The van der Waals surface area contributed by atoms with E-state index in [-0.39, 0.29) is 23.2 Å². The van der Waals surface area contributed by atoms with Crippen molar-refractivity contribution in [2.24, 2.45) is 11.3 Å². The summed E-state index contributed by atoms with van der Waals surface area (Å²) >= 11 is 0. The molecular formula is C31H29FN4O. The number of benzene rings is 2. The Morgan fingerprint density at radius 2 is 1.86 bits per heavy atom. The maximum absolute atomic E-state index is 13.5. The first-order valence-electron chi connectivity index (χ1n) is 12.8. The van der Waals surface area contributed by atoms with E-state index in [2.05, 4.69) is 40.5 Å². The van der Waals surface area contributed by atoms with E-state index in [1.54, 1.807) is 36.7 Å². The Morgan fingerprint density at radius 3 is 2.62 bits per heavy atom. The second kappa shape index (κ2) is 9.43. The van der Waals surface area contributed by atoms with Crippen molar-refractivity contribution in [3.63, 3.8) is 0 Å². The molecule has 2 aromatic carbocycles. The zero-order valence-electron chi connectivity index (χ0n) is 20.8. The second-order valence-corrected chi connectivity index (χ2v) is 10.4. The summed E-state index contributed by atoms with van der Waals surface area (Å²) in [6.07, 6.45) is 11.4. The molecule has 0 saturated heterocycles. The fourth-order valence-corrected chi connectivity index (χ4v) is 6.09. The molecule has 0 spiro atoms. The third-order valence-electron chi connectivity index (χ3n) is 8.19. The van der Waals surface area contributed by atoms with Crippen LogP contribution in [-0.4, -0.2) is 20.7 Å². The van der Waals surface area contributed by atoms with Gasteiger partial charge in [0.2, 0.25) is 0 Å². The Labute approximate surface area is 216 Å². The van der Waals surface area contributed by atoms with Crippen LogP contribution in [0.5, 0.6) is 0 Å². The molecule has 2 aromatic heterocycles. The standard InChI is InChI=1S/C31H29FN4O/c1-31-19-23-20-34-36(27-11-9-26(32)10-12-27)29(23)18-25(31)8-7-24(31)17-28(21-5-3-2-4-6-21)35-30(37)22-13-15-33-16-14-22/h2-6,9-16,18,20,24,28H,7-8,17,19H2,1H3,(H,35,37). The third kappa shape index (κ3) is 4.37. The molecule has 4 aromatic rings. The number of hydrogen-bond donors (Lipinski definition) is 1. The molecule has 2 aliphatic rings. The van der Waals surface area contributed by atoms with E-state index in [4.69, 9.17) is 0 Å². The molecule has 0 radical (unpaired) electrons. The van der Waals surface area contributed by atoms with Gasteiger partial charge < -0.3 is 5.32 Å². The van der Waals surface area contributed by atoms with Gasteiger partial charge in [-0.3, -0.25) is 9.78 Å². The summed E-state index contributed by atoms with van der Waals surface area (Å²) < 4.78 is 15.4. The molecule has 3 atom stereocenters. The smallest absolute Gasteiger partial charge is 0.251 e. The van der Waals surface area contributed by atoms with Gasteiger partial charge in [-0.25, -0.2) is 9.07 Å². The summed E-state index contributed by atoms with van der Waals surface area (Å²) in [4.78, 5) is 17.1. The molecule has 1 fully saturated rings. The van der Waals surface area contributed by atoms with Crippen molar-refractivity contribution in [3.8, 4) is 5.69 Å². The Morgan fingerprint density at radius 1 is 1.11 bits per heavy atom. The lowest BCUT2D eigenvalue weighted by Crippen LogP contribution is -2.34. The normalized spacial score (nSPS) is 21.0. The Balaban J connectivity index is 1.27. The highest BCUT2D eigenvalue weighted by Crippen LogP contribution is 2.55. The molecule has 5 nitrogen and oxygen atoms in total. The molecule has 1 amide bonds. The van der Waals surface area contributed by atoms with Gasteiger partial charge in [0.05, 0.1) is 23.6 Å². The summed E-state index contributed by atoms with van der Waals surface area (Å²) in [5.74, 6) is 0.0732. The van der Waals surface area contributed by atoms with Gasteiger partial charge in [-0.05, 0) is 90.6 Å². The number of halogens is 1. The highest BCUT2D eigenvalue weighted by Gasteiger charge is 2.46. The van der Waals surface area contributed by atoms with Crippen LogP contribution in [0.4, 0.5) is 4.39 Å². The highest BCUT2D eigenvalue weighted by molar-refractivity contribution is 5.94. The monoisotopic (exact) mass is 492 g/mol. The summed E-state index contributed by atoms with van der Waals surface area (Å²) in [6.45, 7) is 2.36. The van der Waals surface area contributed by atoms with Crippen LogP contribution >= 0.6 is 0 Å². The van der Waals surface area contributed by atoms with Crippen LogP contribution in [0.25, 0.3) is 11.8 Å². The molecule has 0 bridgehead atoms. The van der Waals surface area contributed by atoms with Gasteiger partial charge in [0.15, 0.2) is 0 Å². The summed E-state index contributed by atoms with van der Waals surface area (Å²) in [7, 11) is 0. The zero-order chi connectivity index (χ0) is 25.4. The van der Waals surface area contributed by atoms with Crippen LogP contribution in [0.3, 0.4) is 0 Å². The van der Waals surface area contributed by atoms with Crippen LogP contribution in [0.2, 0.25) is 0 Å². The summed E-state index contributed by atoms with van der Waals surface area (Å²) in [5.41, 5.74) is 6.32. The van der Waals surface area contributed by atoms with Crippen molar-refractivity contribution in [2.75, 3.05) is 0 Å². The minimum absolute atomic E-state index is 0.00190. The Kier molecular flexibility index (Phi) is 5.95. The number of carbonyl (C=O) groups is 1. The predicted octanol–water partition coefficient (Wildman–Crippen LogP) is 6.32. The minimum atomic E-state index is -0.252. The molecule has 1 saturated carbocycles. The van der Waals surface area contributed by atoms with Crippen molar-refractivity contribution in [1.29, 1.82) is 0 Å². The van der Waals surface area contributed by atoms with Gasteiger partial charge in [-0.2, -0.15) is 5.10 Å². The van der Waals surface area contributed by atoms with E-state index >= 15 is 0 Å². The average Bonchev–Trinajstić information content (AvgIpc) is 3.47. The second-order valence-electron chi connectivity index (χ2n) is 10.4. The van der Waals surface area contributed by atoms with E-state index in [1.165, 1.54) is 23.3 Å². The predicted molar refractivity (Wildman–Crippen MR) is 142 cm³/mol. The number of carbonyl (C=O) groups excluding carboxylic acids is 1. The molecule has 3 unspecified atom stereocenters. The van der Waals surface area contributed by atoms with Crippen molar-refractivity contribution in [3.05, 3.63) is 119 Å². The fourth-order valence-electron chi connectivity index (χ4n) is 6.09. The number of nitrogens with zero attached hydrogens (tertiary/aromatic N) is 3. The highest BCUT2D eigenvalue weighted by atomic mass is 19.1. The van der Waals surface area contributed by atoms with Crippen LogP contribution < -0.4 is 5.32 Å². The van der Waals surface area contributed by atoms with Gasteiger partial charge >= 0.3 is 0 Å². The summed E-state index contributed by atoms with van der Waals surface area (Å²) in [5, 5.41) is 7.96. The topological polar surface area (TPSA) is 59.8 Å². The van der Waals surface area contributed by atoms with Crippen molar-refractivity contribution in [2.45, 2.75) is 38.6 Å². The maximum atomic E-state index is 13.5. The number of pyridine rings is 1. The average molecular weight is 493 g/mol. The lowest BCUT2D eigenvalue weighted by molar-refractivity contribution is 0.0923. The first kappa shape index (κ1) is 23.3. The fraction of sp³-hybridized carbons (Fsp3) is 0.258. The third-order valence-corrected chi connectivity index (χ3v) is 8.19. The van der Waals surface area contributed by atoms with Gasteiger partial charge in [-0.15, -0.1) is 0 Å². The zero-order valence-corrected chi connectivity index (χ0v) is 20.8. The number of rotatable bonds is 6.